The molecule has 1 aromatic carbocycles. The summed E-state index contributed by atoms with van der Waals surface area (Å²) in [5.74, 6) is -38.9. The fraction of sp³-hybridized carbons (Fsp3) is 0.550. The molecule has 212 valence electrons. The number of benzene rings is 1. The molecule has 0 aliphatic heterocycles. The molecule has 0 bridgehead atoms. The van der Waals surface area contributed by atoms with E-state index in [4.69, 9.17) is 9.57 Å². The summed E-state index contributed by atoms with van der Waals surface area (Å²) >= 11 is 0. The smallest absolute Gasteiger partial charge is 0.368 e. The molecule has 0 fully saturated rings. The molecule has 0 saturated carbocycles. The van der Waals surface area contributed by atoms with E-state index in [2.05, 4.69) is 6.58 Å². The first-order valence-electron chi connectivity index (χ1n) is 9.79. The van der Waals surface area contributed by atoms with Crippen LogP contribution in [0.25, 0.3) is 0 Å². The van der Waals surface area contributed by atoms with Crippen LogP contribution in [0.4, 0.5) is 57.1 Å². The maximum absolute atomic E-state index is 14.1. The molecule has 0 aliphatic rings. The second-order valence-corrected chi connectivity index (χ2v) is 7.31. The van der Waals surface area contributed by atoms with E-state index in [9.17, 15) is 61.9 Å². The SMILES string of the molecule is C=CCOCC(=O)N(CCC(F)(F)C(F)(F)C(F)(F)C(F)(F)C(F)(F)C(F)(F)F)OCc1ccccc1. The van der Waals surface area contributed by atoms with Crippen molar-refractivity contribution in [2.45, 2.75) is 48.8 Å². The zero-order valence-electron chi connectivity index (χ0n) is 18.3. The molecule has 0 N–H and O–H groups in total. The fourth-order valence-electron chi connectivity index (χ4n) is 2.49. The van der Waals surface area contributed by atoms with Crippen LogP contribution in [-0.4, -0.2) is 66.5 Å². The molecule has 4 nitrogen and oxygen atoms in total. The lowest BCUT2D eigenvalue weighted by Crippen LogP contribution is -2.70. The number of nitrogens with zero attached hydrogens (tertiary/aromatic N) is 1. The highest BCUT2D eigenvalue weighted by atomic mass is 19.4. The number of hydroxylamine groups is 2. The molecule has 1 aromatic rings. The number of ether oxygens (including phenoxy) is 1. The van der Waals surface area contributed by atoms with Gasteiger partial charge in [0.2, 0.25) is 0 Å². The monoisotopic (exact) mass is 567 g/mol. The van der Waals surface area contributed by atoms with Crippen molar-refractivity contribution in [1.82, 2.24) is 5.06 Å². The zero-order chi connectivity index (χ0) is 28.9. The predicted molar refractivity (Wildman–Crippen MR) is 99.4 cm³/mol. The number of carbonyl (C=O) groups is 1. The maximum atomic E-state index is 14.1. The summed E-state index contributed by atoms with van der Waals surface area (Å²) in [6.07, 6.45) is -8.98. The number of carbonyl (C=O) groups excluding carboxylic acids is 1. The Morgan fingerprint density at radius 1 is 0.811 bits per heavy atom. The number of hydrogen-bond acceptors (Lipinski definition) is 3. The summed E-state index contributed by atoms with van der Waals surface area (Å²) in [5, 5.41) is -0.0688. The molecular formula is C20H18F13NO3. The Bertz CT molecular complexity index is 905. The Hall–Kier alpha value is -2.56. The lowest BCUT2D eigenvalue weighted by atomic mass is 9.92. The summed E-state index contributed by atoms with van der Waals surface area (Å²) in [7, 11) is 0. The Morgan fingerprint density at radius 3 is 1.81 bits per heavy atom. The third kappa shape index (κ3) is 6.66. The maximum Gasteiger partial charge on any atom is 0.460 e. The summed E-state index contributed by atoms with van der Waals surface area (Å²) < 4.78 is 177. The van der Waals surface area contributed by atoms with Crippen LogP contribution in [0.3, 0.4) is 0 Å². The Morgan fingerprint density at radius 2 is 1.32 bits per heavy atom. The molecular weight excluding hydrogens is 549 g/mol. The molecule has 0 aromatic heterocycles. The molecule has 0 unspecified atom stereocenters. The van der Waals surface area contributed by atoms with Gasteiger partial charge in [-0.1, -0.05) is 36.4 Å². The van der Waals surface area contributed by atoms with Gasteiger partial charge in [0, 0.05) is 6.42 Å². The van der Waals surface area contributed by atoms with Crippen molar-refractivity contribution in [3.8, 4) is 0 Å². The van der Waals surface area contributed by atoms with E-state index in [0.717, 1.165) is 6.08 Å². The number of hydrogen-bond donors (Lipinski definition) is 0. The summed E-state index contributed by atoms with van der Waals surface area (Å²) in [6.45, 7) is -0.297. The van der Waals surface area contributed by atoms with Gasteiger partial charge in [-0.2, -0.15) is 57.1 Å². The first kappa shape index (κ1) is 32.5. The second-order valence-electron chi connectivity index (χ2n) is 7.31. The normalized spacial score (nSPS) is 14.0. The van der Waals surface area contributed by atoms with E-state index in [0.29, 0.717) is 0 Å². The summed E-state index contributed by atoms with van der Waals surface area (Å²) in [5.41, 5.74) is 0.282. The van der Waals surface area contributed by atoms with Gasteiger partial charge in [0.25, 0.3) is 5.91 Å². The molecule has 1 amide bonds. The van der Waals surface area contributed by atoms with Crippen LogP contribution in [0.1, 0.15) is 12.0 Å². The van der Waals surface area contributed by atoms with Crippen LogP contribution in [0.2, 0.25) is 0 Å². The number of halogens is 13. The second kappa shape index (κ2) is 11.4. The van der Waals surface area contributed by atoms with Gasteiger partial charge >= 0.3 is 35.8 Å². The lowest BCUT2D eigenvalue weighted by Gasteiger charge is -2.40. The third-order valence-electron chi connectivity index (χ3n) is 4.60. The summed E-state index contributed by atoms with van der Waals surface area (Å²) in [4.78, 5) is 17.0. The largest absolute Gasteiger partial charge is 0.460 e. The van der Waals surface area contributed by atoms with Gasteiger partial charge in [-0.05, 0) is 5.56 Å². The van der Waals surface area contributed by atoms with Crippen LogP contribution < -0.4 is 0 Å². The molecule has 0 saturated heterocycles. The van der Waals surface area contributed by atoms with Crippen molar-refractivity contribution in [1.29, 1.82) is 0 Å². The van der Waals surface area contributed by atoms with Gasteiger partial charge in [0.1, 0.15) is 13.2 Å². The number of alkyl halides is 13. The molecule has 37 heavy (non-hydrogen) atoms. The standard InChI is InChI=1S/C20H18F13NO3/c1-2-10-36-12-14(35)34(37-11-13-6-4-3-5-7-13)9-8-15(21,22)16(23,24)17(25,26)18(27,28)19(29,30)20(31,32)33/h2-7H,1,8-12H2. The van der Waals surface area contributed by atoms with Crippen molar-refractivity contribution < 1.29 is 71.4 Å². The quantitative estimate of drug-likeness (QED) is 0.115. The predicted octanol–water partition coefficient (Wildman–Crippen LogP) is 6.28. The van der Waals surface area contributed by atoms with E-state index < -0.39 is 67.9 Å². The van der Waals surface area contributed by atoms with Gasteiger partial charge in [-0.15, -0.1) is 6.58 Å². The number of rotatable bonds is 14. The van der Waals surface area contributed by atoms with Crippen LogP contribution in [0.15, 0.2) is 43.0 Å². The van der Waals surface area contributed by atoms with Crippen LogP contribution in [0.5, 0.6) is 0 Å². The van der Waals surface area contributed by atoms with E-state index in [1.165, 1.54) is 30.3 Å². The Labute approximate surface area is 200 Å². The number of amides is 1. The first-order valence-corrected chi connectivity index (χ1v) is 9.79. The van der Waals surface area contributed by atoms with Gasteiger partial charge in [0.15, 0.2) is 0 Å². The van der Waals surface area contributed by atoms with Gasteiger partial charge in [-0.25, -0.2) is 5.06 Å². The Balaban J connectivity index is 3.19. The van der Waals surface area contributed by atoms with Crippen molar-refractivity contribution >= 4 is 5.91 Å². The zero-order valence-corrected chi connectivity index (χ0v) is 18.3. The van der Waals surface area contributed by atoms with E-state index in [1.54, 1.807) is 0 Å². The minimum absolute atomic E-state index is 0.0688. The highest BCUT2D eigenvalue weighted by molar-refractivity contribution is 5.76. The minimum Gasteiger partial charge on any atom is -0.368 e. The Kier molecular flexibility index (Phi) is 10.0. The van der Waals surface area contributed by atoms with Gasteiger partial charge in [0.05, 0.1) is 13.2 Å². The minimum atomic E-state index is -8.00. The van der Waals surface area contributed by atoms with E-state index >= 15 is 0 Å². The molecule has 17 heteroatoms. The van der Waals surface area contributed by atoms with Crippen LogP contribution >= 0.6 is 0 Å². The van der Waals surface area contributed by atoms with Crippen molar-refractivity contribution in [2.24, 2.45) is 0 Å². The van der Waals surface area contributed by atoms with Crippen LogP contribution in [0, 0.1) is 0 Å². The third-order valence-corrected chi connectivity index (χ3v) is 4.60. The van der Waals surface area contributed by atoms with Crippen molar-refractivity contribution in [2.75, 3.05) is 19.8 Å². The van der Waals surface area contributed by atoms with Gasteiger partial charge < -0.3 is 4.74 Å². The average molecular weight is 567 g/mol. The first-order chi connectivity index (χ1) is 16.7. The van der Waals surface area contributed by atoms with Crippen molar-refractivity contribution in [3.05, 3.63) is 48.6 Å². The molecule has 0 atom stereocenters. The van der Waals surface area contributed by atoms with E-state index in [1.807, 2.05) is 0 Å². The molecule has 0 spiro atoms. The molecule has 0 radical (unpaired) electrons. The highest BCUT2D eigenvalue weighted by Gasteiger charge is 2.90. The van der Waals surface area contributed by atoms with Crippen molar-refractivity contribution in [3.63, 3.8) is 0 Å². The van der Waals surface area contributed by atoms with Gasteiger partial charge in [-0.3, -0.25) is 9.63 Å². The molecule has 1 rings (SSSR count). The van der Waals surface area contributed by atoms with Crippen LogP contribution in [-0.2, 0) is 21.0 Å². The lowest BCUT2D eigenvalue weighted by molar-refractivity contribution is -0.440. The molecule has 0 heterocycles. The highest BCUT2D eigenvalue weighted by Crippen LogP contribution is 2.60. The molecule has 0 aliphatic carbocycles. The fourth-order valence-corrected chi connectivity index (χ4v) is 2.49. The van der Waals surface area contributed by atoms with E-state index in [-0.39, 0.29) is 17.2 Å². The average Bonchev–Trinajstić information content (AvgIpc) is 2.78. The summed E-state index contributed by atoms with van der Waals surface area (Å²) in [6, 6.07) is 7.25. The topological polar surface area (TPSA) is 38.8 Å².